The van der Waals surface area contributed by atoms with Crippen molar-refractivity contribution in [1.82, 2.24) is 10.2 Å². The van der Waals surface area contributed by atoms with Crippen LogP contribution in [0.25, 0.3) is 0 Å². The molecule has 0 radical (unpaired) electrons. The highest BCUT2D eigenvalue weighted by Crippen LogP contribution is 2.38. The van der Waals surface area contributed by atoms with Crippen LogP contribution in [0.4, 0.5) is 0 Å². The summed E-state index contributed by atoms with van der Waals surface area (Å²) in [7, 11) is 0. The lowest BCUT2D eigenvalue weighted by Crippen LogP contribution is -2.41. The first-order chi connectivity index (χ1) is 10.2. The molecule has 2 fully saturated rings. The molecule has 2 rings (SSSR count). The molecule has 21 heavy (non-hydrogen) atoms. The molecule has 0 aromatic heterocycles. The lowest BCUT2D eigenvalue weighted by molar-refractivity contribution is 0.156. The Morgan fingerprint density at radius 1 is 1.33 bits per heavy atom. The van der Waals surface area contributed by atoms with Gasteiger partial charge in [-0.1, -0.05) is 26.7 Å². The average Bonchev–Trinajstić information content (AvgIpc) is 3.08. The zero-order valence-electron chi connectivity index (χ0n) is 14.2. The molecule has 0 aromatic rings. The van der Waals surface area contributed by atoms with Crippen molar-refractivity contribution in [2.24, 2.45) is 16.3 Å². The van der Waals surface area contributed by atoms with Gasteiger partial charge in [-0.05, 0) is 32.1 Å². The zero-order chi connectivity index (χ0) is 15.1. The van der Waals surface area contributed by atoms with E-state index in [9.17, 15) is 0 Å². The molecule has 1 atom stereocenters. The van der Waals surface area contributed by atoms with Gasteiger partial charge >= 0.3 is 0 Å². The number of hydrogen-bond acceptors (Lipinski definition) is 2. The summed E-state index contributed by atoms with van der Waals surface area (Å²) in [6.07, 6.45) is 6.28. The zero-order valence-corrected chi connectivity index (χ0v) is 14.2. The van der Waals surface area contributed by atoms with Crippen molar-refractivity contribution < 1.29 is 4.74 Å². The first-order valence-electron chi connectivity index (χ1n) is 8.76. The van der Waals surface area contributed by atoms with Crippen LogP contribution in [-0.4, -0.2) is 50.3 Å². The van der Waals surface area contributed by atoms with Crippen molar-refractivity contribution in [2.45, 2.75) is 52.9 Å². The number of hydrogen-bond donors (Lipinski definition) is 1. The minimum atomic E-state index is 0.411. The van der Waals surface area contributed by atoms with Crippen LogP contribution in [-0.2, 0) is 4.74 Å². The summed E-state index contributed by atoms with van der Waals surface area (Å²) in [5.41, 5.74) is 0.411. The van der Waals surface area contributed by atoms with E-state index < -0.39 is 0 Å². The van der Waals surface area contributed by atoms with Crippen molar-refractivity contribution in [2.75, 3.05) is 39.4 Å². The molecule has 0 amide bonds. The Morgan fingerprint density at radius 3 is 2.86 bits per heavy atom. The van der Waals surface area contributed by atoms with E-state index in [1.54, 1.807) is 0 Å². The molecule has 2 aliphatic heterocycles. The molecule has 0 aliphatic carbocycles. The van der Waals surface area contributed by atoms with E-state index >= 15 is 0 Å². The molecule has 0 bridgehead atoms. The Bertz CT molecular complexity index is 335. The van der Waals surface area contributed by atoms with Gasteiger partial charge in [0.25, 0.3) is 0 Å². The van der Waals surface area contributed by atoms with E-state index in [0.717, 1.165) is 51.3 Å². The fourth-order valence-corrected chi connectivity index (χ4v) is 3.36. The molecule has 1 spiro atoms. The number of aliphatic imine (C=N–C) groups is 1. The van der Waals surface area contributed by atoms with Gasteiger partial charge in [-0.2, -0.15) is 0 Å². The van der Waals surface area contributed by atoms with Gasteiger partial charge < -0.3 is 15.0 Å². The molecule has 122 valence electrons. The summed E-state index contributed by atoms with van der Waals surface area (Å²) in [5, 5.41) is 3.47. The fourth-order valence-electron chi connectivity index (χ4n) is 3.36. The largest absolute Gasteiger partial charge is 0.381 e. The Balaban J connectivity index is 1.81. The van der Waals surface area contributed by atoms with Crippen LogP contribution >= 0.6 is 0 Å². The first-order valence-corrected chi connectivity index (χ1v) is 8.76. The van der Waals surface area contributed by atoms with Gasteiger partial charge in [-0.3, -0.25) is 4.99 Å². The molecule has 2 aliphatic rings. The minimum absolute atomic E-state index is 0.411. The summed E-state index contributed by atoms with van der Waals surface area (Å²) in [6, 6.07) is 0. The fraction of sp³-hybridized carbons (Fsp3) is 0.941. The normalized spacial score (nSPS) is 26.3. The van der Waals surface area contributed by atoms with E-state index in [1.807, 2.05) is 0 Å². The average molecular weight is 295 g/mol. The van der Waals surface area contributed by atoms with Gasteiger partial charge in [0.1, 0.15) is 0 Å². The summed E-state index contributed by atoms with van der Waals surface area (Å²) >= 11 is 0. The Kier molecular flexibility index (Phi) is 6.34. The van der Waals surface area contributed by atoms with Crippen LogP contribution in [0.3, 0.4) is 0 Å². The maximum Gasteiger partial charge on any atom is 0.193 e. The number of ether oxygens (including phenoxy) is 1. The molecule has 0 saturated carbocycles. The molecule has 2 heterocycles. The lowest BCUT2D eigenvalue weighted by atomic mass is 9.87. The van der Waals surface area contributed by atoms with Gasteiger partial charge in [0, 0.05) is 38.2 Å². The maximum absolute atomic E-state index is 5.62. The standard InChI is InChI=1S/C17H33N3O/c1-4-18-16(19-10-6-5-7-15(2)3)20-11-8-17(13-20)9-12-21-14-17/h15H,4-14H2,1-3H3,(H,18,19). The molecule has 2 saturated heterocycles. The lowest BCUT2D eigenvalue weighted by Gasteiger charge is -2.25. The van der Waals surface area contributed by atoms with E-state index in [1.165, 1.54) is 32.1 Å². The van der Waals surface area contributed by atoms with Crippen LogP contribution in [0, 0.1) is 11.3 Å². The molecular weight excluding hydrogens is 262 g/mol. The predicted molar refractivity (Wildman–Crippen MR) is 88.7 cm³/mol. The Hall–Kier alpha value is -0.770. The minimum Gasteiger partial charge on any atom is -0.381 e. The number of guanidine groups is 1. The maximum atomic E-state index is 5.62. The summed E-state index contributed by atoms with van der Waals surface area (Å²) in [6.45, 7) is 12.8. The van der Waals surface area contributed by atoms with E-state index in [0.29, 0.717) is 5.41 Å². The summed E-state index contributed by atoms with van der Waals surface area (Å²) in [4.78, 5) is 7.28. The van der Waals surface area contributed by atoms with Crippen molar-refractivity contribution in [1.29, 1.82) is 0 Å². The topological polar surface area (TPSA) is 36.9 Å². The van der Waals surface area contributed by atoms with Crippen molar-refractivity contribution in [3.63, 3.8) is 0 Å². The SMILES string of the molecule is CCNC(=NCCCCC(C)C)N1CCC2(CCOC2)C1. The van der Waals surface area contributed by atoms with E-state index in [4.69, 9.17) is 9.73 Å². The second kappa shape index (κ2) is 8.02. The van der Waals surface area contributed by atoms with Crippen LogP contribution in [0.2, 0.25) is 0 Å². The Labute approximate surface area is 130 Å². The highest BCUT2D eigenvalue weighted by atomic mass is 16.5. The second-order valence-electron chi connectivity index (χ2n) is 7.10. The quantitative estimate of drug-likeness (QED) is 0.465. The van der Waals surface area contributed by atoms with Crippen molar-refractivity contribution in [3.05, 3.63) is 0 Å². The number of unbranched alkanes of at least 4 members (excludes halogenated alkanes) is 1. The van der Waals surface area contributed by atoms with Crippen LogP contribution in [0.15, 0.2) is 4.99 Å². The third kappa shape index (κ3) is 4.87. The first kappa shape index (κ1) is 16.6. The molecule has 4 heteroatoms. The van der Waals surface area contributed by atoms with Gasteiger partial charge in [0.2, 0.25) is 0 Å². The molecule has 1 unspecified atom stereocenters. The predicted octanol–water partition coefficient (Wildman–Crippen LogP) is 2.89. The number of likely N-dealkylation sites (tertiary alicyclic amines) is 1. The number of nitrogens with one attached hydrogen (secondary N) is 1. The van der Waals surface area contributed by atoms with E-state index in [2.05, 4.69) is 31.0 Å². The van der Waals surface area contributed by atoms with Gasteiger partial charge in [-0.15, -0.1) is 0 Å². The van der Waals surface area contributed by atoms with Gasteiger partial charge in [-0.25, -0.2) is 0 Å². The van der Waals surface area contributed by atoms with Crippen LogP contribution in [0.5, 0.6) is 0 Å². The molecule has 1 N–H and O–H groups in total. The molecule has 4 nitrogen and oxygen atoms in total. The molecular formula is C17H33N3O. The number of nitrogens with zero attached hydrogens (tertiary/aromatic N) is 2. The molecule has 0 aromatic carbocycles. The van der Waals surface area contributed by atoms with Gasteiger partial charge in [0.05, 0.1) is 6.61 Å². The van der Waals surface area contributed by atoms with Crippen molar-refractivity contribution in [3.8, 4) is 0 Å². The monoisotopic (exact) mass is 295 g/mol. The smallest absolute Gasteiger partial charge is 0.193 e. The number of rotatable bonds is 6. The highest BCUT2D eigenvalue weighted by molar-refractivity contribution is 5.80. The van der Waals surface area contributed by atoms with E-state index in [-0.39, 0.29) is 0 Å². The van der Waals surface area contributed by atoms with Crippen LogP contribution < -0.4 is 5.32 Å². The van der Waals surface area contributed by atoms with Crippen molar-refractivity contribution >= 4 is 5.96 Å². The second-order valence-corrected chi connectivity index (χ2v) is 7.10. The summed E-state index contributed by atoms with van der Waals surface area (Å²) < 4.78 is 5.62. The highest BCUT2D eigenvalue weighted by Gasteiger charge is 2.42. The summed E-state index contributed by atoms with van der Waals surface area (Å²) in [5.74, 6) is 1.92. The van der Waals surface area contributed by atoms with Crippen LogP contribution in [0.1, 0.15) is 52.9 Å². The third-order valence-electron chi connectivity index (χ3n) is 4.71. The Morgan fingerprint density at radius 2 is 2.19 bits per heavy atom. The van der Waals surface area contributed by atoms with Gasteiger partial charge in [0.15, 0.2) is 5.96 Å². The third-order valence-corrected chi connectivity index (χ3v) is 4.71.